The van der Waals surface area contributed by atoms with Crippen LogP contribution in [0.1, 0.15) is 31.9 Å². The number of halogens is 1. The molecule has 140 valence electrons. The second kappa shape index (κ2) is 9.25. The van der Waals surface area contributed by atoms with Crippen molar-refractivity contribution >= 4 is 23.4 Å². The number of carbonyl (C=O) groups excluding carboxylic acids is 2. The van der Waals surface area contributed by atoms with Crippen LogP contribution in [0.15, 0.2) is 18.3 Å². The minimum Gasteiger partial charge on any atom is -0.385 e. The maximum absolute atomic E-state index is 12.9. The van der Waals surface area contributed by atoms with Crippen molar-refractivity contribution in [2.75, 3.05) is 26.8 Å². The Morgan fingerprint density at radius 1 is 1.44 bits per heavy atom. The summed E-state index contributed by atoms with van der Waals surface area (Å²) in [5.41, 5.74) is 1.09. The van der Waals surface area contributed by atoms with Crippen LogP contribution < -0.4 is 0 Å². The molecule has 1 aliphatic rings. The van der Waals surface area contributed by atoms with Crippen molar-refractivity contribution in [1.29, 1.82) is 0 Å². The summed E-state index contributed by atoms with van der Waals surface area (Å²) in [6, 6.07) is 4.28. The summed E-state index contributed by atoms with van der Waals surface area (Å²) in [5, 5.41) is -0.641. The fourth-order valence-corrected chi connectivity index (χ4v) is 2.95. The number of carbonyl (C=O) groups is 2. The van der Waals surface area contributed by atoms with Gasteiger partial charge in [-0.3, -0.25) is 9.59 Å². The fraction of sp³-hybridized carbons (Fsp3) is 0.667. The molecule has 6 nitrogen and oxygen atoms in total. The van der Waals surface area contributed by atoms with Crippen molar-refractivity contribution in [2.24, 2.45) is 7.05 Å². The van der Waals surface area contributed by atoms with Crippen LogP contribution in [0.25, 0.3) is 0 Å². The van der Waals surface area contributed by atoms with Gasteiger partial charge in [-0.15, -0.1) is 11.6 Å². The number of rotatable bonds is 10. The third-order valence-corrected chi connectivity index (χ3v) is 4.63. The molecular weight excluding hydrogens is 342 g/mol. The first kappa shape index (κ1) is 19.8. The van der Waals surface area contributed by atoms with Crippen molar-refractivity contribution in [3.05, 3.63) is 24.0 Å². The minimum atomic E-state index is -0.641. The van der Waals surface area contributed by atoms with Gasteiger partial charge in [0.2, 0.25) is 11.8 Å². The van der Waals surface area contributed by atoms with Crippen LogP contribution in [0.3, 0.4) is 0 Å². The predicted octanol–water partition coefficient (Wildman–Crippen LogP) is 2.01. The molecule has 0 N–H and O–H groups in total. The second-order valence-electron chi connectivity index (χ2n) is 6.59. The van der Waals surface area contributed by atoms with Gasteiger partial charge in [0.15, 0.2) is 0 Å². The largest absolute Gasteiger partial charge is 0.385 e. The molecule has 0 radical (unpaired) electrons. The molecule has 0 aliphatic heterocycles. The van der Waals surface area contributed by atoms with Gasteiger partial charge in [0.1, 0.15) is 5.38 Å². The molecule has 1 atom stereocenters. The first-order chi connectivity index (χ1) is 11.9. The molecule has 1 aliphatic carbocycles. The topological polar surface area (TPSA) is 54.8 Å². The Bertz CT molecular complexity index is 584. The lowest BCUT2D eigenvalue weighted by molar-refractivity contribution is -0.141. The minimum absolute atomic E-state index is 0.0215. The van der Waals surface area contributed by atoms with Crippen molar-refractivity contribution in [1.82, 2.24) is 14.4 Å². The Morgan fingerprint density at radius 2 is 2.16 bits per heavy atom. The normalized spacial score (nSPS) is 15.0. The summed E-state index contributed by atoms with van der Waals surface area (Å²) in [6.45, 7) is 3.30. The molecule has 2 amide bonds. The van der Waals surface area contributed by atoms with E-state index in [0.717, 1.165) is 18.5 Å². The van der Waals surface area contributed by atoms with Crippen LogP contribution in [0.4, 0.5) is 0 Å². The van der Waals surface area contributed by atoms with Gasteiger partial charge in [0, 0.05) is 45.2 Å². The number of alkyl halides is 1. The van der Waals surface area contributed by atoms with E-state index in [-0.39, 0.29) is 24.4 Å². The van der Waals surface area contributed by atoms with E-state index in [0.29, 0.717) is 26.1 Å². The zero-order chi connectivity index (χ0) is 18.4. The van der Waals surface area contributed by atoms with Gasteiger partial charge in [0.25, 0.3) is 0 Å². The lowest BCUT2D eigenvalue weighted by Gasteiger charge is -2.28. The highest BCUT2D eigenvalue weighted by atomic mass is 35.5. The van der Waals surface area contributed by atoms with E-state index in [1.165, 1.54) is 0 Å². The van der Waals surface area contributed by atoms with Crippen molar-refractivity contribution in [3.63, 3.8) is 0 Å². The van der Waals surface area contributed by atoms with Gasteiger partial charge >= 0.3 is 0 Å². The first-order valence-corrected chi connectivity index (χ1v) is 9.19. The van der Waals surface area contributed by atoms with Gasteiger partial charge in [-0.05, 0) is 38.3 Å². The maximum Gasteiger partial charge on any atom is 0.242 e. The van der Waals surface area contributed by atoms with E-state index in [1.54, 1.807) is 18.9 Å². The van der Waals surface area contributed by atoms with Crippen molar-refractivity contribution in [2.45, 2.75) is 44.1 Å². The zero-order valence-corrected chi connectivity index (χ0v) is 16.0. The van der Waals surface area contributed by atoms with Crippen LogP contribution in [0.2, 0.25) is 0 Å². The molecule has 1 aromatic rings. The first-order valence-electron chi connectivity index (χ1n) is 8.75. The van der Waals surface area contributed by atoms with E-state index in [2.05, 4.69) is 0 Å². The molecule has 2 rings (SSSR count). The van der Waals surface area contributed by atoms with Crippen LogP contribution in [-0.4, -0.2) is 64.4 Å². The highest BCUT2D eigenvalue weighted by Gasteiger charge is 2.34. The smallest absolute Gasteiger partial charge is 0.242 e. The summed E-state index contributed by atoms with van der Waals surface area (Å²) in [7, 11) is 3.59. The maximum atomic E-state index is 12.9. The molecule has 0 spiro atoms. The number of aryl methyl sites for hydroxylation is 1. The van der Waals surface area contributed by atoms with E-state index < -0.39 is 5.38 Å². The summed E-state index contributed by atoms with van der Waals surface area (Å²) in [6.07, 6.45) is 4.71. The summed E-state index contributed by atoms with van der Waals surface area (Å²) < 4.78 is 7.07. The summed E-state index contributed by atoms with van der Waals surface area (Å²) in [5.74, 6) is -0.229. The average Bonchev–Trinajstić information content (AvgIpc) is 3.33. The van der Waals surface area contributed by atoms with Gasteiger partial charge in [-0.25, -0.2) is 0 Å². The summed E-state index contributed by atoms with van der Waals surface area (Å²) >= 11 is 5.96. The van der Waals surface area contributed by atoms with E-state index in [1.807, 2.05) is 34.8 Å². The molecule has 1 saturated carbocycles. The zero-order valence-electron chi connectivity index (χ0n) is 15.3. The number of hydrogen-bond acceptors (Lipinski definition) is 3. The molecule has 1 fully saturated rings. The number of ether oxygens (including phenoxy) is 1. The van der Waals surface area contributed by atoms with Crippen LogP contribution in [-0.2, 0) is 27.9 Å². The van der Waals surface area contributed by atoms with Crippen LogP contribution >= 0.6 is 11.6 Å². The molecule has 0 bridgehead atoms. The lowest BCUT2D eigenvalue weighted by atomic mass is 10.3. The van der Waals surface area contributed by atoms with Gasteiger partial charge in [-0.1, -0.05) is 0 Å². The molecule has 0 unspecified atom stereocenters. The molecular formula is C18H28ClN3O3. The van der Waals surface area contributed by atoms with E-state index in [9.17, 15) is 9.59 Å². The molecule has 1 aromatic heterocycles. The number of amides is 2. The highest BCUT2D eigenvalue weighted by molar-refractivity contribution is 6.30. The SMILES string of the molecule is COCCCN(CC(=O)N(Cc1cccn1C)C1CC1)C(=O)[C@@H](C)Cl. The lowest BCUT2D eigenvalue weighted by Crippen LogP contribution is -2.46. The Kier molecular flexibility index (Phi) is 7.32. The second-order valence-corrected chi connectivity index (χ2v) is 7.24. The quantitative estimate of drug-likeness (QED) is 0.468. The molecule has 0 saturated heterocycles. The highest BCUT2D eigenvalue weighted by Crippen LogP contribution is 2.28. The molecule has 25 heavy (non-hydrogen) atoms. The Labute approximate surface area is 154 Å². The number of nitrogens with zero attached hydrogens (tertiary/aromatic N) is 3. The third kappa shape index (κ3) is 5.75. The number of hydrogen-bond donors (Lipinski definition) is 0. The van der Waals surface area contributed by atoms with Gasteiger partial charge in [-0.2, -0.15) is 0 Å². The third-order valence-electron chi connectivity index (χ3n) is 4.45. The van der Waals surface area contributed by atoms with Crippen LogP contribution in [0, 0.1) is 0 Å². The monoisotopic (exact) mass is 369 g/mol. The molecule has 7 heteroatoms. The van der Waals surface area contributed by atoms with E-state index in [4.69, 9.17) is 16.3 Å². The standard InChI is InChI=1S/C18H28ClN3O3/c1-14(19)18(24)21(10-5-11-25-3)13-17(23)22(15-7-8-15)12-16-6-4-9-20(16)2/h4,6,9,14-15H,5,7-8,10-13H2,1-3H3/t14-/m1/s1. The van der Waals surface area contributed by atoms with Gasteiger partial charge < -0.3 is 19.1 Å². The van der Waals surface area contributed by atoms with E-state index >= 15 is 0 Å². The molecule has 1 heterocycles. The van der Waals surface area contributed by atoms with Gasteiger partial charge in [0.05, 0.1) is 13.1 Å². The average molecular weight is 370 g/mol. The predicted molar refractivity (Wildman–Crippen MR) is 97.4 cm³/mol. The number of aromatic nitrogens is 1. The van der Waals surface area contributed by atoms with Crippen LogP contribution in [0.5, 0.6) is 0 Å². The number of methoxy groups -OCH3 is 1. The van der Waals surface area contributed by atoms with Crippen molar-refractivity contribution < 1.29 is 14.3 Å². The Morgan fingerprint density at radius 3 is 2.68 bits per heavy atom. The summed E-state index contributed by atoms with van der Waals surface area (Å²) in [4.78, 5) is 28.7. The Balaban J connectivity index is 2.02. The molecule has 0 aromatic carbocycles. The van der Waals surface area contributed by atoms with Crippen molar-refractivity contribution in [3.8, 4) is 0 Å². The Hall–Kier alpha value is -1.53. The fourth-order valence-electron chi connectivity index (χ4n) is 2.81.